The Kier molecular flexibility index (Phi) is 3.63. The van der Waals surface area contributed by atoms with Crippen LogP contribution in [-0.2, 0) is 0 Å². The summed E-state index contributed by atoms with van der Waals surface area (Å²) in [5.41, 5.74) is 0.884. The van der Waals surface area contributed by atoms with Crippen LogP contribution in [0.1, 0.15) is 0 Å². The lowest BCUT2D eigenvalue weighted by Crippen LogP contribution is -2.44. The van der Waals surface area contributed by atoms with Gasteiger partial charge in [-0.25, -0.2) is 0 Å². The maximum atomic E-state index is 11.0. The van der Waals surface area contributed by atoms with Gasteiger partial charge < -0.3 is 9.80 Å². The summed E-state index contributed by atoms with van der Waals surface area (Å²) in [7, 11) is 2.06. The van der Waals surface area contributed by atoms with Crippen molar-refractivity contribution in [3.8, 4) is 0 Å². The summed E-state index contributed by atoms with van der Waals surface area (Å²) in [4.78, 5) is 15.0. The number of nitro groups is 1. The van der Waals surface area contributed by atoms with Crippen molar-refractivity contribution in [2.75, 3.05) is 38.1 Å². The Labute approximate surface area is 108 Å². The van der Waals surface area contributed by atoms with E-state index >= 15 is 0 Å². The average molecular weight is 300 g/mol. The van der Waals surface area contributed by atoms with E-state index in [0.717, 1.165) is 30.7 Å². The number of piperazine rings is 1. The van der Waals surface area contributed by atoms with Crippen LogP contribution in [0.4, 0.5) is 11.4 Å². The maximum Gasteiger partial charge on any atom is 0.293 e. The highest BCUT2D eigenvalue weighted by molar-refractivity contribution is 9.10. The highest BCUT2D eigenvalue weighted by Gasteiger charge is 2.22. The first-order chi connectivity index (χ1) is 8.08. The lowest BCUT2D eigenvalue weighted by molar-refractivity contribution is -0.384. The van der Waals surface area contributed by atoms with Crippen LogP contribution in [-0.4, -0.2) is 43.0 Å². The van der Waals surface area contributed by atoms with Crippen molar-refractivity contribution in [3.05, 3.63) is 32.8 Å². The van der Waals surface area contributed by atoms with Crippen LogP contribution in [0, 0.1) is 10.1 Å². The highest BCUT2D eigenvalue weighted by Crippen LogP contribution is 2.31. The van der Waals surface area contributed by atoms with Crippen LogP contribution in [0.15, 0.2) is 22.7 Å². The molecule has 2 rings (SSSR count). The number of rotatable bonds is 2. The van der Waals surface area contributed by atoms with Gasteiger partial charge in [-0.1, -0.05) is 15.9 Å². The van der Waals surface area contributed by atoms with Crippen LogP contribution >= 0.6 is 15.9 Å². The number of anilines is 1. The van der Waals surface area contributed by atoms with Crippen molar-refractivity contribution in [2.24, 2.45) is 0 Å². The molecule has 0 N–H and O–H groups in total. The van der Waals surface area contributed by atoms with Crippen molar-refractivity contribution in [1.29, 1.82) is 0 Å². The molecular formula is C11H14BrN3O2. The van der Waals surface area contributed by atoms with Gasteiger partial charge in [-0.05, 0) is 19.2 Å². The van der Waals surface area contributed by atoms with Crippen molar-refractivity contribution < 1.29 is 4.92 Å². The molecule has 17 heavy (non-hydrogen) atoms. The minimum atomic E-state index is -0.321. The summed E-state index contributed by atoms with van der Waals surface area (Å²) in [5.74, 6) is 0. The number of nitro benzene ring substituents is 1. The van der Waals surface area contributed by atoms with Gasteiger partial charge in [0.1, 0.15) is 5.69 Å². The van der Waals surface area contributed by atoms with Crippen molar-refractivity contribution in [2.45, 2.75) is 0 Å². The largest absolute Gasteiger partial charge is 0.363 e. The summed E-state index contributed by atoms with van der Waals surface area (Å²) < 4.78 is 0.738. The van der Waals surface area contributed by atoms with Crippen LogP contribution in [0.5, 0.6) is 0 Å². The molecule has 1 heterocycles. The molecule has 1 aromatic rings. The van der Waals surface area contributed by atoms with Gasteiger partial charge in [0, 0.05) is 36.7 Å². The third-order valence-corrected chi connectivity index (χ3v) is 3.47. The van der Waals surface area contributed by atoms with E-state index in [1.54, 1.807) is 6.07 Å². The topological polar surface area (TPSA) is 49.6 Å². The Balaban J connectivity index is 2.28. The third kappa shape index (κ3) is 2.76. The van der Waals surface area contributed by atoms with Gasteiger partial charge in [0.2, 0.25) is 0 Å². The molecule has 0 unspecified atom stereocenters. The summed E-state index contributed by atoms with van der Waals surface area (Å²) in [5, 5.41) is 11.0. The summed E-state index contributed by atoms with van der Waals surface area (Å²) in [6.45, 7) is 3.54. The van der Waals surface area contributed by atoms with Gasteiger partial charge >= 0.3 is 0 Å². The highest BCUT2D eigenvalue weighted by atomic mass is 79.9. The van der Waals surface area contributed by atoms with Crippen molar-refractivity contribution in [1.82, 2.24) is 4.90 Å². The van der Waals surface area contributed by atoms with Crippen LogP contribution < -0.4 is 4.90 Å². The van der Waals surface area contributed by atoms with Gasteiger partial charge in [0.05, 0.1) is 4.92 Å². The van der Waals surface area contributed by atoms with Gasteiger partial charge in [0.15, 0.2) is 0 Å². The standard InChI is InChI=1S/C11H14BrN3O2/c1-13-4-6-14(7-5-13)10-3-2-9(12)8-11(10)15(16)17/h2-3,8H,4-7H2,1H3. The zero-order chi connectivity index (χ0) is 12.4. The summed E-state index contributed by atoms with van der Waals surface area (Å²) >= 11 is 3.27. The number of hydrogen-bond donors (Lipinski definition) is 0. The molecule has 0 saturated carbocycles. The zero-order valence-electron chi connectivity index (χ0n) is 9.60. The molecule has 1 aliphatic rings. The molecule has 6 heteroatoms. The molecule has 1 aromatic carbocycles. The second-order valence-electron chi connectivity index (χ2n) is 4.18. The first kappa shape index (κ1) is 12.3. The molecule has 92 valence electrons. The Morgan fingerprint density at radius 3 is 2.53 bits per heavy atom. The van der Waals surface area contributed by atoms with E-state index in [-0.39, 0.29) is 10.6 Å². The van der Waals surface area contributed by atoms with Gasteiger partial charge in [-0.2, -0.15) is 0 Å². The molecule has 0 spiro atoms. The van der Waals surface area contributed by atoms with Crippen LogP contribution in [0.25, 0.3) is 0 Å². The Morgan fingerprint density at radius 2 is 1.94 bits per heavy atom. The number of likely N-dealkylation sites (N-methyl/N-ethyl adjacent to an activating group) is 1. The summed E-state index contributed by atoms with van der Waals surface area (Å²) in [6.07, 6.45) is 0. The first-order valence-electron chi connectivity index (χ1n) is 5.45. The van der Waals surface area contributed by atoms with E-state index in [1.165, 1.54) is 0 Å². The fourth-order valence-corrected chi connectivity index (χ4v) is 2.31. The molecule has 0 aromatic heterocycles. The lowest BCUT2D eigenvalue weighted by Gasteiger charge is -2.33. The molecule has 0 atom stereocenters. The Hall–Kier alpha value is -1.14. The number of nitrogens with zero attached hydrogens (tertiary/aromatic N) is 3. The molecule has 1 saturated heterocycles. The van der Waals surface area contributed by atoms with E-state index in [2.05, 4.69) is 32.8 Å². The van der Waals surface area contributed by atoms with E-state index in [9.17, 15) is 10.1 Å². The quantitative estimate of drug-likeness (QED) is 0.620. The molecule has 1 aliphatic heterocycles. The zero-order valence-corrected chi connectivity index (χ0v) is 11.2. The molecule has 1 fully saturated rings. The smallest absolute Gasteiger partial charge is 0.293 e. The van der Waals surface area contributed by atoms with Crippen LogP contribution in [0.3, 0.4) is 0 Å². The van der Waals surface area contributed by atoms with Crippen LogP contribution in [0.2, 0.25) is 0 Å². The lowest BCUT2D eigenvalue weighted by atomic mass is 10.2. The maximum absolute atomic E-state index is 11.0. The SMILES string of the molecule is CN1CCN(c2ccc(Br)cc2[N+](=O)[O-])CC1. The van der Waals surface area contributed by atoms with E-state index in [0.29, 0.717) is 5.69 Å². The molecule has 0 aliphatic carbocycles. The number of benzene rings is 1. The predicted octanol–water partition coefficient (Wildman–Crippen LogP) is 2.11. The molecule has 5 nitrogen and oxygen atoms in total. The molecule has 0 radical (unpaired) electrons. The molecular weight excluding hydrogens is 286 g/mol. The number of halogens is 1. The fourth-order valence-electron chi connectivity index (χ4n) is 1.96. The Morgan fingerprint density at radius 1 is 1.29 bits per heavy atom. The monoisotopic (exact) mass is 299 g/mol. The predicted molar refractivity (Wildman–Crippen MR) is 70.5 cm³/mol. The fraction of sp³-hybridized carbons (Fsp3) is 0.455. The molecule has 0 bridgehead atoms. The van der Waals surface area contributed by atoms with Gasteiger partial charge in [-0.15, -0.1) is 0 Å². The first-order valence-corrected chi connectivity index (χ1v) is 6.24. The van der Waals surface area contributed by atoms with E-state index < -0.39 is 0 Å². The van der Waals surface area contributed by atoms with Crippen molar-refractivity contribution >= 4 is 27.3 Å². The second kappa shape index (κ2) is 5.01. The van der Waals surface area contributed by atoms with E-state index in [1.807, 2.05) is 12.1 Å². The summed E-state index contributed by atoms with van der Waals surface area (Å²) in [6, 6.07) is 5.22. The normalized spacial score (nSPS) is 17.2. The van der Waals surface area contributed by atoms with Crippen molar-refractivity contribution in [3.63, 3.8) is 0 Å². The molecule has 0 amide bonds. The van der Waals surface area contributed by atoms with Gasteiger partial charge in [-0.3, -0.25) is 10.1 Å². The second-order valence-corrected chi connectivity index (χ2v) is 5.10. The number of hydrogen-bond acceptors (Lipinski definition) is 4. The van der Waals surface area contributed by atoms with Gasteiger partial charge in [0.25, 0.3) is 5.69 Å². The van der Waals surface area contributed by atoms with E-state index in [4.69, 9.17) is 0 Å². The Bertz CT molecular complexity index is 431. The minimum Gasteiger partial charge on any atom is -0.363 e. The average Bonchev–Trinajstić information content (AvgIpc) is 2.30. The minimum absolute atomic E-state index is 0.170. The third-order valence-electron chi connectivity index (χ3n) is 2.98.